The van der Waals surface area contributed by atoms with Gasteiger partial charge in [0.2, 0.25) is 5.91 Å². The Bertz CT molecular complexity index is 367. The Balaban J connectivity index is 1.87. The van der Waals surface area contributed by atoms with Crippen LogP contribution in [0, 0.1) is 5.92 Å². The van der Waals surface area contributed by atoms with Crippen molar-refractivity contribution in [2.75, 3.05) is 6.54 Å². The van der Waals surface area contributed by atoms with E-state index in [1.54, 1.807) is 6.92 Å². The van der Waals surface area contributed by atoms with Crippen LogP contribution in [0.4, 0.5) is 0 Å². The topological polar surface area (TPSA) is 49.3 Å². The van der Waals surface area contributed by atoms with Gasteiger partial charge < -0.3 is 10.4 Å². The van der Waals surface area contributed by atoms with E-state index in [0.29, 0.717) is 6.54 Å². The van der Waals surface area contributed by atoms with Crippen molar-refractivity contribution in [1.82, 2.24) is 5.32 Å². The first-order chi connectivity index (χ1) is 8.09. The second-order valence-corrected chi connectivity index (χ2v) is 5.90. The Hall–Kier alpha value is -0.870. The van der Waals surface area contributed by atoms with Crippen molar-refractivity contribution >= 4 is 17.2 Å². The van der Waals surface area contributed by atoms with E-state index in [0.717, 1.165) is 30.6 Å². The summed E-state index contributed by atoms with van der Waals surface area (Å²) in [5, 5.41) is 15.1. The number of thiophene rings is 1. The predicted molar refractivity (Wildman–Crippen MR) is 68.9 cm³/mol. The number of carbonyl (C=O) groups is 1. The van der Waals surface area contributed by atoms with Crippen LogP contribution in [0.2, 0.25) is 0 Å². The first-order valence-corrected chi connectivity index (χ1v) is 7.01. The van der Waals surface area contributed by atoms with Gasteiger partial charge in [-0.3, -0.25) is 4.79 Å². The summed E-state index contributed by atoms with van der Waals surface area (Å²) >= 11 is 1.51. The van der Waals surface area contributed by atoms with E-state index in [2.05, 4.69) is 5.32 Å². The molecular weight excluding hydrogens is 234 g/mol. The summed E-state index contributed by atoms with van der Waals surface area (Å²) in [6.45, 7) is 2.04. The highest BCUT2D eigenvalue weighted by Gasteiger charge is 2.28. The third-order valence-corrected chi connectivity index (χ3v) is 4.51. The standard InChI is InChI=1S/C13H19NO2S/c1-13(16,11-7-4-8-17-11)9-14-12(15)10-5-2-3-6-10/h4,7-8,10,16H,2-3,5-6,9H2,1H3,(H,14,15)/t13-/m1/s1. The maximum absolute atomic E-state index is 11.8. The van der Waals surface area contributed by atoms with E-state index in [1.165, 1.54) is 11.3 Å². The van der Waals surface area contributed by atoms with Crippen LogP contribution in [0.3, 0.4) is 0 Å². The molecule has 0 radical (unpaired) electrons. The number of hydrogen-bond acceptors (Lipinski definition) is 3. The van der Waals surface area contributed by atoms with Crippen molar-refractivity contribution in [3.8, 4) is 0 Å². The Morgan fingerprint density at radius 1 is 1.59 bits per heavy atom. The molecular formula is C13H19NO2S. The zero-order chi connectivity index (χ0) is 12.3. The summed E-state index contributed by atoms with van der Waals surface area (Å²) in [6, 6.07) is 3.81. The zero-order valence-electron chi connectivity index (χ0n) is 10.1. The van der Waals surface area contributed by atoms with Crippen molar-refractivity contribution < 1.29 is 9.90 Å². The first-order valence-electron chi connectivity index (χ1n) is 6.14. The normalized spacial score (nSPS) is 20.1. The monoisotopic (exact) mass is 253 g/mol. The molecule has 1 fully saturated rings. The molecule has 1 aliphatic rings. The molecule has 17 heavy (non-hydrogen) atoms. The van der Waals surface area contributed by atoms with E-state index < -0.39 is 5.60 Å². The first kappa shape index (κ1) is 12.6. The minimum atomic E-state index is -0.956. The van der Waals surface area contributed by atoms with Gasteiger partial charge in [-0.2, -0.15) is 0 Å². The Labute approximate surface area is 106 Å². The van der Waals surface area contributed by atoms with Crippen molar-refractivity contribution in [3.05, 3.63) is 22.4 Å². The highest BCUT2D eigenvalue weighted by molar-refractivity contribution is 7.10. The molecule has 4 heteroatoms. The molecule has 0 unspecified atom stereocenters. The summed E-state index contributed by atoms with van der Waals surface area (Å²) in [4.78, 5) is 12.7. The average Bonchev–Trinajstić information content (AvgIpc) is 2.97. The van der Waals surface area contributed by atoms with Crippen molar-refractivity contribution in [1.29, 1.82) is 0 Å². The van der Waals surface area contributed by atoms with E-state index in [9.17, 15) is 9.90 Å². The number of amides is 1. The lowest BCUT2D eigenvalue weighted by atomic mass is 10.0. The zero-order valence-corrected chi connectivity index (χ0v) is 10.9. The maximum atomic E-state index is 11.8. The van der Waals surface area contributed by atoms with E-state index >= 15 is 0 Å². The highest BCUT2D eigenvalue weighted by Crippen LogP contribution is 2.26. The molecule has 1 aromatic heterocycles. The van der Waals surface area contributed by atoms with Gasteiger partial charge in [0, 0.05) is 10.8 Å². The van der Waals surface area contributed by atoms with Crippen molar-refractivity contribution in [2.24, 2.45) is 5.92 Å². The summed E-state index contributed by atoms with van der Waals surface area (Å²) in [5.74, 6) is 0.258. The molecule has 1 atom stereocenters. The molecule has 2 N–H and O–H groups in total. The fourth-order valence-electron chi connectivity index (χ4n) is 2.26. The molecule has 94 valence electrons. The predicted octanol–water partition coefficient (Wildman–Crippen LogP) is 2.26. The van der Waals surface area contributed by atoms with Gasteiger partial charge in [-0.1, -0.05) is 18.9 Å². The number of carbonyl (C=O) groups excluding carboxylic acids is 1. The Morgan fingerprint density at radius 3 is 2.88 bits per heavy atom. The summed E-state index contributed by atoms with van der Waals surface area (Å²) in [7, 11) is 0. The van der Waals surface area contributed by atoms with Crippen LogP contribution in [-0.2, 0) is 10.4 Å². The minimum absolute atomic E-state index is 0.0966. The van der Waals surface area contributed by atoms with Gasteiger partial charge in [0.05, 0.1) is 6.54 Å². The molecule has 2 rings (SSSR count). The van der Waals surface area contributed by atoms with Gasteiger partial charge in [-0.05, 0) is 31.2 Å². The van der Waals surface area contributed by atoms with Crippen molar-refractivity contribution in [3.63, 3.8) is 0 Å². The molecule has 0 saturated heterocycles. The third kappa shape index (κ3) is 3.07. The van der Waals surface area contributed by atoms with Gasteiger partial charge in [0.15, 0.2) is 0 Å². The SMILES string of the molecule is C[C@@](O)(CNC(=O)C1CCCC1)c1cccs1. The Morgan fingerprint density at radius 2 is 2.29 bits per heavy atom. The van der Waals surface area contributed by atoms with Crippen LogP contribution < -0.4 is 5.32 Å². The fraction of sp³-hybridized carbons (Fsp3) is 0.615. The van der Waals surface area contributed by atoms with Gasteiger partial charge in [-0.25, -0.2) is 0 Å². The van der Waals surface area contributed by atoms with E-state index in [1.807, 2.05) is 17.5 Å². The van der Waals surface area contributed by atoms with Crippen LogP contribution in [0.25, 0.3) is 0 Å². The molecule has 3 nitrogen and oxygen atoms in total. The van der Waals surface area contributed by atoms with Crippen LogP contribution >= 0.6 is 11.3 Å². The molecule has 1 aromatic rings. The van der Waals surface area contributed by atoms with E-state index in [4.69, 9.17) is 0 Å². The lowest BCUT2D eigenvalue weighted by Gasteiger charge is -2.23. The summed E-state index contributed by atoms with van der Waals surface area (Å²) in [6.07, 6.45) is 4.29. The van der Waals surface area contributed by atoms with E-state index in [-0.39, 0.29) is 11.8 Å². The number of aliphatic hydroxyl groups is 1. The fourth-order valence-corrected chi connectivity index (χ4v) is 3.05. The second kappa shape index (κ2) is 5.19. The molecule has 0 spiro atoms. The molecule has 1 saturated carbocycles. The van der Waals surface area contributed by atoms with Gasteiger partial charge in [0.25, 0.3) is 0 Å². The minimum Gasteiger partial charge on any atom is -0.383 e. The third-order valence-electron chi connectivity index (χ3n) is 3.38. The molecule has 0 bridgehead atoms. The smallest absolute Gasteiger partial charge is 0.223 e. The maximum Gasteiger partial charge on any atom is 0.223 e. The summed E-state index contributed by atoms with van der Waals surface area (Å²) < 4.78 is 0. The molecule has 1 amide bonds. The quantitative estimate of drug-likeness (QED) is 0.864. The molecule has 1 heterocycles. The number of nitrogens with one attached hydrogen (secondary N) is 1. The molecule has 0 aliphatic heterocycles. The van der Waals surface area contributed by atoms with Gasteiger partial charge in [-0.15, -0.1) is 11.3 Å². The molecule has 0 aromatic carbocycles. The second-order valence-electron chi connectivity index (χ2n) is 4.95. The average molecular weight is 253 g/mol. The molecule has 1 aliphatic carbocycles. The van der Waals surface area contributed by atoms with Crippen LogP contribution in [0.15, 0.2) is 17.5 Å². The van der Waals surface area contributed by atoms with Crippen LogP contribution in [-0.4, -0.2) is 17.6 Å². The van der Waals surface area contributed by atoms with Crippen molar-refractivity contribution in [2.45, 2.75) is 38.2 Å². The van der Waals surface area contributed by atoms with Crippen LogP contribution in [0.5, 0.6) is 0 Å². The Kier molecular flexibility index (Phi) is 3.84. The number of hydrogen-bond donors (Lipinski definition) is 2. The highest BCUT2D eigenvalue weighted by atomic mass is 32.1. The lowest BCUT2D eigenvalue weighted by Crippen LogP contribution is -2.40. The largest absolute Gasteiger partial charge is 0.383 e. The lowest BCUT2D eigenvalue weighted by molar-refractivity contribution is -0.126. The van der Waals surface area contributed by atoms with Gasteiger partial charge >= 0.3 is 0 Å². The number of rotatable bonds is 4. The van der Waals surface area contributed by atoms with Gasteiger partial charge in [0.1, 0.15) is 5.60 Å². The van der Waals surface area contributed by atoms with Crippen LogP contribution in [0.1, 0.15) is 37.5 Å². The summed E-state index contributed by atoms with van der Waals surface area (Å²) in [5.41, 5.74) is -0.956.